The average Bonchev–Trinajstić information content (AvgIpc) is 2.11. The largest absolute Gasteiger partial charge is 0.434 e. The molecule has 1 aromatic carbocycles. The zero-order valence-corrected chi connectivity index (χ0v) is 8.60. The van der Waals surface area contributed by atoms with E-state index in [1.165, 1.54) is 0 Å². The first-order chi connectivity index (χ1) is 6.56. The van der Waals surface area contributed by atoms with Crippen LogP contribution in [0.4, 0.5) is 8.78 Å². The molecule has 0 unspecified atom stereocenters. The Morgan fingerprint density at radius 1 is 1.21 bits per heavy atom. The van der Waals surface area contributed by atoms with Crippen LogP contribution in [-0.2, 0) is 6.42 Å². The molecule has 0 fully saturated rings. The van der Waals surface area contributed by atoms with Crippen molar-refractivity contribution in [3.05, 3.63) is 28.8 Å². The second kappa shape index (κ2) is 4.40. The van der Waals surface area contributed by atoms with E-state index in [4.69, 9.17) is 0 Å². The highest BCUT2D eigenvalue weighted by atomic mass is 19.3. The minimum absolute atomic E-state index is 0.336. The Morgan fingerprint density at radius 2 is 1.79 bits per heavy atom. The van der Waals surface area contributed by atoms with Crippen molar-refractivity contribution in [1.29, 1.82) is 0 Å². The first-order valence-electron chi connectivity index (χ1n) is 4.60. The van der Waals surface area contributed by atoms with E-state index in [0.29, 0.717) is 12.2 Å². The van der Waals surface area contributed by atoms with Crippen LogP contribution in [0.25, 0.3) is 0 Å². The minimum Gasteiger partial charge on any atom is -0.434 e. The van der Waals surface area contributed by atoms with Gasteiger partial charge in [0.25, 0.3) is 0 Å². The van der Waals surface area contributed by atoms with Crippen LogP contribution in [0.15, 0.2) is 12.1 Å². The number of alkyl halides is 2. The molecule has 0 heterocycles. The van der Waals surface area contributed by atoms with Gasteiger partial charge in [-0.2, -0.15) is 8.78 Å². The quantitative estimate of drug-likeness (QED) is 0.726. The molecule has 0 atom stereocenters. The van der Waals surface area contributed by atoms with Gasteiger partial charge in [0.2, 0.25) is 0 Å². The summed E-state index contributed by atoms with van der Waals surface area (Å²) >= 11 is 0. The third-order valence-corrected chi connectivity index (χ3v) is 2.25. The Labute approximate surface area is 82.7 Å². The maximum absolute atomic E-state index is 12.1. The van der Waals surface area contributed by atoms with Crippen molar-refractivity contribution in [3.63, 3.8) is 0 Å². The van der Waals surface area contributed by atoms with Crippen molar-refractivity contribution >= 4 is 0 Å². The summed E-state index contributed by atoms with van der Waals surface area (Å²) in [5.74, 6) is 0.336. The van der Waals surface area contributed by atoms with Gasteiger partial charge >= 0.3 is 6.61 Å². The lowest BCUT2D eigenvalue weighted by Gasteiger charge is -2.14. The second-order valence-corrected chi connectivity index (χ2v) is 3.24. The maximum Gasteiger partial charge on any atom is 0.387 e. The fourth-order valence-corrected chi connectivity index (χ4v) is 1.54. The third-order valence-electron chi connectivity index (χ3n) is 2.25. The second-order valence-electron chi connectivity index (χ2n) is 3.24. The van der Waals surface area contributed by atoms with Crippen LogP contribution in [0, 0.1) is 13.8 Å². The van der Waals surface area contributed by atoms with E-state index in [1.807, 2.05) is 19.9 Å². The van der Waals surface area contributed by atoms with Gasteiger partial charge in [-0.25, -0.2) is 0 Å². The van der Waals surface area contributed by atoms with Gasteiger partial charge in [0.05, 0.1) is 0 Å². The Bertz CT molecular complexity index is 321. The molecule has 78 valence electrons. The van der Waals surface area contributed by atoms with Crippen LogP contribution in [0.3, 0.4) is 0 Å². The number of ether oxygens (including phenoxy) is 1. The average molecular weight is 200 g/mol. The molecule has 1 nitrogen and oxygen atoms in total. The van der Waals surface area contributed by atoms with Gasteiger partial charge in [0, 0.05) is 0 Å². The van der Waals surface area contributed by atoms with Gasteiger partial charge in [-0.05, 0) is 37.0 Å². The fourth-order valence-electron chi connectivity index (χ4n) is 1.54. The topological polar surface area (TPSA) is 9.23 Å². The molecule has 0 spiro atoms. The SMILES string of the molecule is CCc1c(C)ccc(C)c1OC(F)F. The molecule has 0 aromatic heterocycles. The molecule has 0 amide bonds. The molecular formula is C11H14F2O. The van der Waals surface area contributed by atoms with Gasteiger partial charge in [-0.15, -0.1) is 0 Å². The summed E-state index contributed by atoms with van der Waals surface area (Å²) in [6.07, 6.45) is 0.704. The molecule has 0 aliphatic heterocycles. The van der Waals surface area contributed by atoms with E-state index in [1.54, 1.807) is 13.0 Å². The Hall–Kier alpha value is -1.12. The summed E-state index contributed by atoms with van der Waals surface area (Å²) in [5, 5.41) is 0. The summed E-state index contributed by atoms with van der Waals surface area (Å²) in [6.45, 7) is 2.85. The number of aryl methyl sites for hydroxylation is 2. The molecule has 0 saturated heterocycles. The molecule has 0 bridgehead atoms. The predicted octanol–water partition coefficient (Wildman–Crippen LogP) is 3.47. The highest BCUT2D eigenvalue weighted by Gasteiger charge is 2.12. The van der Waals surface area contributed by atoms with Gasteiger partial charge in [-0.1, -0.05) is 19.1 Å². The Kier molecular flexibility index (Phi) is 3.44. The van der Waals surface area contributed by atoms with Crippen molar-refractivity contribution in [2.75, 3.05) is 0 Å². The molecule has 3 heteroatoms. The van der Waals surface area contributed by atoms with Crippen LogP contribution in [0.5, 0.6) is 5.75 Å². The minimum atomic E-state index is -2.75. The zero-order valence-electron chi connectivity index (χ0n) is 8.60. The predicted molar refractivity (Wildman–Crippen MR) is 51.9 cm³/mol. The molecule has 0 aliphatic rings. The molecule has 0 saturated carbocycles. The van der Waals surface area contributed by atoms with Crippen LogP contribution >= 0.6 is 0 Å². The lowest BCUT2D eigenvalue weighted by atomic mass is 10.0. The number of rotatable bonds is 3. The summed E-state index contributed by atoms with van der Waals surface area (Å²) in [6, 6.07) is 3.72. The van der Waals surface area contributed by atoms with Crippen LogP contribution in [-0.4, -0.2) is 6.61 Å². The van der Waals surface area contributed by atoms with E-state index in [0.717, 1.165) is 16.7 Å². The summed E-state index contributed by atoms with van der Waals surface area (Å²) in [7, 11) is 0. The van der Waals surface area contributed by atoms with Crippen LogP contribution < -0.4 is 4.74 Å². The lowest BCUT2D eigenvalue weighted by molar-refractivity contribution is -0.0508. The fraction of sp³-hybridized carbons (Fsp3) is 0.455. The summed E-state index contributed by atoms with van der Waals surface area (Å²) in [4.78, 5) is 0. The molecule has 0 aliphatic carbocycles. The van der Waals surface area contributed by atoms with Crippen molar-refractivity contribution < 1.29 is 13.5 Å². The lowest BCUT2D eigenvalue weighted by Crippen LogP contribution is -2.06. The molecule has 0 N–H and O–H groups in total. The van der Waals surface area contributed by atoms with Gasteiger partial charge in [0.1, 0.15) is 5.75 Å². The number of benzene rings is 1. The van der Waals surface area contributed by atoms with E-state index < -0.39 is 6.61 Å². The normalized spacial score (nSPS) is 10.7. The Balaban J connectivity index is 3.16. The van der Waals surface area contributed by atoms with Gasteiger partial charge < -0.3 is 4.74 Å². The molecule has 1 aromatic rings. The van der Waals surface area contributed by atoms with Gasteiger partial charge in [0.15, 0.2) is 0 Å². The molecule has 0 radical (unpaired) electrons. The van der Waals surface area contributed by atoms with E-state index in [2.05, 4.69) is 4.74 Å². The smallest absolute Gasteiger partial charge is 0.387 e. The zero-order chi connectivity index (χ0) is 10.7. The number of halogens is 2. The monoisotopic (exact) mass is 200 g/mol. The molecule has 14 heavy (non-hydrogen) atoms. The maximum atomic E-state index is 12.1. The van der Waals surface area contributed by atoms with Crippen molar-refractivity contribution in [3.8, 4) is 5.75 Å². The Morgan fingerprint density at radius 3 is 2.29 bits per heavy atom. The number of hydrogen-bond acceptors (Lipinski definition) is 1. The standard InChI is InChI=1S/C11H14F2O/c1-4-9-7(2)5-6-8(3)10(9)14-11(12)13/h5-6,11H,4H2,1-3H3. The summed E-state index contributed by atoms with van der Waals surface area (Å²) in [5.41, 5.74) is 2.62. The van der Waals surface area contributed by atoms with Crippen molar-refractivity contribution in [2.45, 2.75) is 33.8 Å². The van der Waals surface area contributed by atoms with Crippen molar-refractivity contribution in [1.82, 2.24) is 0 Å². The highest BCUT2D eigenvalue weighted by molar-refractivity contribution is 5.45. The number of hydrogen-bond donors (Lipinski definition) is 0. The van der Waals surface area contributed by atoms with Crippen molar-refractivity contribution in [2.24, 2.45) is 0 Å². The van der Waals surface area contributed by atoms with Crippen LogP contribution in [0.1, 0.15) is 23.6 Å². The van der Waals surface area contributed by atoms with Gasteiger partial charge in [-0.3, -0.25) is 0 Å². The first kappa shape index (κ1) is 11.0. The molecule has 1 rings (SSSR count). The van der Waals surface area contributed by atoms with E-state index >= 15 is 0 Å². The van der Waals surface area contributed by atoms with E-state index in [9.17, 15) is 8.78 Å². The highest BCUT2D eigenvalue weighted by Crippen LogP contribution is 2.28. The van der Waals surface area contributed by atoms with E-state index in [-0.39, 0.29) is 0 Å². The summed E-state index contributed by atoms with van der Waals surface area (Å²) < 4.78 is 28.8. The third kappa shape index (κ3) is 2.22. The molecular weight excluding hydrogens is 186 g/mol. The first-order valence-corrected chi connectivity index (χ1v) is 4.60. The van der Waals surface area contributed by atoms with Crippen LogP contribution in [0.2, 0.25) is 0 Å².